The fourth-order valence-electron chi connectivity index (χ4n) is 1.61. The molecule has 0 aromatic carbocycles. The summed E-state index contributed by atoms with van der Waals surface area (Å²) in [7, 11) is -0.937. The lowest BCUT2D eigenvalue weighted by Gasteiger charge is -2.32. The zero-order valence-electron chi connectivity index (χ0n) is 19.9. The number of imidazole rings is 1. The fraction of sp³-hybridized carbons (Fsp3) is 0.769. The van der Waals surface area contributed by atoms with E-state index in [1.807, 2.05) is 27.7 Å². The Labute approximate surface area is 122 Å². The molecule has 4 nitrogen and oxygen atoms in total. The monoisotopic (exact) mass is 259 g/mol. The molecule has 1 aliphatic rings. The van der Waals surface area contributed by atoms with Gasteiger partial charge in [-0.25, -0.2) is 4.98 Å². The van der Waals surface area contributed by atoms with E-state index in [0.29, 0.717) is 4.57 Å². The van der Waals surface area contributed by atoms with Gasteiger partial charge in [-0.3, -0.25) is 0 Å². The largest absolute Gasteiger partial charge is 0.516 e. The van der Waals surface area contributed by atoms with E-state index in [1.54, 1.807) is 0 Å². The van der Waals surface area contributed by atoms with Crippen LogP contribution in [0.3, 0.4) is 0 Å². The predicted molar refractivity (Wildman–Crippen MR) is 72.8 cm³/mol. The summed E-state index contributed by atoms with van der Waals surface area (Å²) in [6.07, 6.45) is 2.06. The van der Waals surface area contributed by atoms with Gasteiger partial charge in [0.25, 0.3) is 0 Å². The second-order valence-electron chi connectivity index (χ2n) is 5.28. The van der Waals surface area contributed by atoms with Crippen LogP contribution in [-0.2, 0) is 15.8 Å². The molecule has 0 saturated carbocycles. The van der Waals surface area contributed by atoms with Gasteiger partial charge in [0.15, 0.2) is 0 Å². The molecular weight excluding hydrogens is 227 g/mol. The number of hydrogen-bond donors (Lipinski definition) is 0. The van der Waals surface area contributed by atoms with Gasteiger partial charge in [-0.15, -0.1) is 0 Å². The van der Waals surface area contributed by atoms with Gasteiger partial charge < -0.3 is 13.9 Å². The first-order chi connectivity index (χ1) is 11.8. The minimum atomic E-state index is -3.42. The van der Waals surface area contributed by atoms with E-state index in [9.17, 15) is 0 Å². The van der Waals surface area contributed by atoms with Crippen molar-refractivity contribution in [1.82, 2.24) is 9.55 Å². The summed E-state index contributed by atoms with van der Waals surface area (Å²) in [6.45, 7) is -2.67. The number of rotatable bonds is 3. The van der Waals surface area contributed by atoms with Crippen LogP contribution in [0.1, 0.15) is 53.7 Å². The van der Waals surface area contributed by atoms with E-state index in [4.69, 9.17) is 21.6 Å². The lowest BCUT2D eigenvalue weighted by Crippen LogP contribution is -2.41. The van der Waals surface area contributed by atoms with Crippen LogP contribution in [0, 0.1) is 5.89 Å². The SMILES string of the molecule is [2H]C([2H])([2H])C([2H])(C([2H])([2H])[2H])C([2H])([2H])n1cnc(B2OC(C)(C)C(C)(C)O2)c1. The molecule has 0 atom stereocenters. The topological polar surface area (TPSA) is 36.3 Å². The molecule has 100 valence electrons. The van der Waals surface area contributed by atoms with Crippen LogP contribution in [0.25, 0.3) is 0 Å². The highest BCUT2D eigenvalue weighted by atomic mass is 16.7. The van der Waals surface area contributed by atoms with Gasteiger partial charge in [0.05, 0.1) is 25.9 Å². The van der Waals surface area contributed by atoms with Gasteiger partial charge in [-0.2, -0.15) is 0 Å². The van der Waals surface area contributed by atoms with Crippen LogP contribution < -0.4 is 5.59 Å². The van der Waals surface area contributed by atoms with Gasteiger partial charge in [0, 0.05) is 22.3 Å². The number of aromatic nitrogens is 2. The maximum absolute atomic E-state index is 8.17. The van der Waals surface area contributed by atoms with Crippen LogP contribution in [0.4, 0.5) is 0 Å². The summed E-state index contributed by atoms with van der Waals surface area (Å²) in [5.41, 5.74) is -1.19. The molecule has 0 radical (unpaired) electrons. The second kappa shape index (κ2) is 4.39. The third kappa shape index (κ3) is 2.47. The lowest BCUT2D eigenvalue weighted by molar-refractivity contribution is 0.00578. The zero-order valence-corrected chi connectivity index (χ0v) is 10.9. The molecule has 1 aromatic rings. The van der Waals surface area contributed by atoms with Crippen molar-refractivity contribution in [2.24, 2.45) is 5.89 Å². The first kappa shape index (κ1) is 6.10. The summed E-state index contributed by atoms with van der Waals surface area (Å²) in [6, 6.07) is 0. The third-order valence-corrected chi connectivity index (χ3v) is 3.34. The molecule has 2 heterocycles. The van der Waals surface area contributed by atoms with Gasteiger partial charge in [0.1, 0.15) is 0 Å². The molecule has 0 aliphatic carbocycles. The second-order valence-corrected chi connectivity index (χ2v) is 5.28. The Morgan fingerprint density at radius 2 is 2.06 bits per heavy atom. The minimum absolute atomic E-state index is 0.149. The number of nitrogens with zero attached hydrogens (tertiary/aromatic N) is 2. The van der Waals surface area contributed by atoms with Crippen molar-refractivity contribution < 1.29 is 21.6 Å². The Balaban J connectivity index is 2.45. The van der Waals surface area contributed by atoms with Crippen molar-refractivity contribution in [2.45, 2.75) is 59.1 Å². The first-order valence-corrected chi connectivity index (χ1v) is 5.68. The lowest BCUT2D eigenvalue weighted by atomic mass is 9.86. The standard InChI is InChI=1S/C13H23BN2O2/c1-10(2)7-16-8-11(15-9-16)14-17-12(3,4)13(5,6)18-14/h8-10H,7H2,1-6H3/i1D3,2D3,7D2,10D. The van der Waals surface area contributed by atoms with Crippen LogP contribution in [-0.4, -0.2) is 27.9 Å². The van der Waals surface area contributed by atoms with Crippen LogP contribution >= 0.6 is 0 Å². The van der Waals surface area contributed by atoms with Crippen LogP contribution in [0.5, 0.6) is 0 Å². The molecule has 1 aliphatic heterocycles. The molecule has 1 saturated heterocycles. The van der Waals surface area contributed by atoms with Crippen LogP contribution in [0.15, 0.2) is 12.5 Å². The summed E-state index contributed by atoms with van der Waals surface area (Å²) in [5, 5.41) is 0. The molecule has 0 bridgehead atoms. The van der Waals surface area contributed by atoms with Crippen molar-refractivity contribution in [2.75, 3.05) is 0 Å². The highest BCUT2D eigenvalue weighted by Crippen LogP contribution is 2.36. The smallest absolute Gasteiger partial charge is 0.398 e. The number of hydrogen-bond acceptors (Lipinski definition) is 3. The van der Waals surface area contributed by atoms with E-state index >= 15 is 0 Å². The summed E-state index contributed by atoms with van der Waals surface area (Å²) < 4.78 is 81.7. The molecule has 0 unspecified atom stereocenters. The van der Waals surface area contributed by atoms with E-state index in [-0.39, 0.29) is 5.59 Å². The molecule has 0 amide bonds. The average Bonchev–Trinajstić information content (AvgIpc) is 2.99. The van der Waals surface area contributed by atoms with Gasteiger partial charge in [-0.05, 0) is 33.6 Å². The van der Waals surface area contributed by atoms with Gasteiger partial charge in [0.2, 0.25) is 0 Å². The van der Waals surface area contributed by atoms with Crippen molar-refractivity contribution >= 4 is 12.7 Å². The Kier molecular flexibility index (Phi) is 1.49. The quantitative estimate of drug-likeness (QED) is 0.777. The molecular formula is C13H23BN2O2. The van der Waals surface area contributed by atoms with E-state index in [2.05, 4.69) is 4.98 Å². The maximum Gasteiger partial charge on any atom is 0.516 e. The highest BCUT2D eigenvalue weighted by molar-refractivity contribution is 6.61. The van der Waals surface area contributed by atoms with Crippen molar-refractivity contribution in [3.8, 4) is 0 Å². The van der Waals surface area contributed by atoms with Crippen molar-refractivity contribution in [3.05, 3.63) is 12.5 Å². The highest BCUT2D eigenvalue weighted by Gasteiger charge is 2.52. The third-order valence-electron chi connectivity index (χ3n) is 3.34. The summed E-state index contributed by atoms with van der Waals surface area (Å²) in [4.78, 5) is 4.00. The maximum atomic E-state index is 8.17. The normalized spacial score (nSPS) is 32.0. The molecule has 0 spiro atoms. The van der Waals surface area contributed by atoms with E-state index in [1.165, 1.54) is 0 Å². The molecule has 1 aromatic heterocycles. The van der Waals surface area contributed by atoms with Crippen molar-refractivity contribution in [3.63, 3.8) is 0 Å². The predicted octanol–water partition coefficient (Wildman–Crippen LogP) is 1.84. The van der Waals surface area contributed by atoms with E-state index in [0.717, 1.165) is 12.5 Å². The Bertz CT molecular complexity index is 681. The summed E-state index contributed by atoms with van der Waals surface area (Å²) in [5.74, 6) is -3.42. The Hall–Kier alpha value is -0.805. The zero-order chi connectivity index (χ0) is 21.3. The van der Waals surface area contributed by atoms with E-state index < -0.39 is 44.4 Å². The van der Waals surface area contributed by atoms with Gasteiger partial charge >= 0.3 is 7.12 Å². The van der Waals surface area contributed by atoms with Crippen molar-refractivity contribution in [1.29, 1.82) is 0 Å². The fourth-order valence-corrected chi connectivity index (χ4v) is 1.61. The Morgan fingerprint density at radius 3 is 2.61 bits per heavy atom. The minimum Gasteiger partial charge on any atom is -0.398 e. The first-order valence-electron chi connectivity index (χ1n) is 10.2. The van der Waals surface area contributed by atoms with Gasteiger partial charge in [-0.1, -0.05) is 13.7 Å². The Morgan fingerprint density at radius 1 is 1.44 bits per heavy atom. The molecule has 2 rings (SSSR count). The molecule has 1 fully saturated rings. The van der Waals surface area contributed by atoms with Crippen LogP contribution in [0.2, 0.25) is 0 Å². The molecule has 5 heteroatoms. The summed E-state index contributed by atoms with van der Waals surface area (Å²) >= 11 is 0. The average molecular weight is 259 g/mol. The molecule has 18 heavy (non-hydrogen) atoms. The molecule has 0 N–H and O–H groups in total.